The second kappa shape index (κ2) is 9.08. The van der Waals surface area contributed by atoms with E-state index in [0.29, 0.717) is 5.69 Å². The van der Waals surface area contributed by atoms with Crippen LogP contribution in [0.4, 0.5) is 5.69 Å². The summed E-state index contributed by atoms with van der Waals surface area (Å²) in [4.78, 5) is 29.7. The molecule has 1 fully saturated rings. The van der Waals surface area contributed by atoms with Gasteiger partial charge in [0.2, 0.25) is 5.91 Å². The molecule has 33 heavy (non-hydrogen) atoms. The van der Waals surface area contributed by atoms with E-state index in [-0.39, 0.29) is 11.7 Å². The number of para-hydroxylation sites is 1. The normalized spacial score (nSPS) is 17.8. The Bertz CT molecular complexity index is 1240. The van der Waals surface area contributed by atoms with E-state index in [2.05, 4.69) is 53.4 Å². The highest BCUT2D eigenvalue weighted by atomic mass is 32.2. The molecule has 0 bridgehead atoms. The topological polar surface area (TPSA) is 70.0 Å². The SMILES string of the molecule is Cc1ccc(C2=NC3(CCN(C)CC3)N=C2SCC(=O)Nc2cnc3ccccc3c2)cc1. The number of likely N-dealkylation sites (tertiary alicyclic amines) is 1. The quantitative estimate of drug-likeness (QED) is 0.625. The molecule has 0 atom stereocenters. The fourth-order valence-electron chi connectivity index (χ4n) is 4.19. The number of rotatable bonds is 4. The second-order valence-electron chi connectivity index (χ2n) is 8.78. The first-order chi connectivity index (χ1) is 16.0. The number of aliphatic imine (C=N–C) groups is 2. The molecule has 7 heteroatoms. The maximum absolute atomic E-state index is 12.7. The fraction of sp³-hybridized carbons (Fsp3) is 0.308. The number of benzene rings is 2. The third-order valence-electron chi connectivity index (χ3n) is 6.16. The number of nitrogens with zero attached hydrogens (tertiary/aromatic N) is 4. The van der Waals surface area contributed by atoms with Crippen molar-refractivity contribution >= 4 is 45.0 Å². The molecule has 1 N–H and O–H groups in total. The molecule has 2 aliphatic heterocycles. The Morgan fingerprint density at radius 1 is 1.09 bits per heavy atom. The van der Waals surface area contributed by atoms with Crippen molar-refractivity contribution < 1.29 is 4.79 Å². The van der Waals surface area contributed by atoms with E-state index in [0.717, 1.165) is 53.2 Å². The van der Waals surface area contributed by atoms with Gasteiger partial charge in [-0.3, -0.25) is 14.8 Å². The van der Waals surface area contributed by atoms with E-state index in [1.54, 1.807) is 6.20 Å². The fourth-order valence-corrected chi connectivity index (χ4v) is 5.07. The van der Waals surface area contributed by atoms with E-state index in [9.17, 15) is 4.79 Å². The highest BCUT2D eigenvalue weighted by Gasteiger charge is 2.39. The van der Waals surface area contributed by atoms with Gasteiger partial charge in [0, 0.05) is 36.9 Å². The average Bonchev–Trinajstić information content (AvgIpc) is 3.18. The largest absolute Gasteiger partial charge is 0.324 e. The van der Waals surface area contributed by atoms with E-state index in [4.69, 9.17) is 9.98 Å². The molecular formula is C26H27N5OS. The van der Waals surface area contributed by atoms with Crippen LogP contribution in [-0.2, 0) is 4.79 Å². The lowest BCUT2D eigenvalue weighted by atomic mass is 9.99. The summed E-state index contributed by atoms with van der Waals surface area (Å²) in [7, 11) is 2.14. The minimum atomic E-state index is -0.395. The number of thioether (sulfide) groups is 1. The number of aromatic nitrogens is 1. The summed E-state index contributed by atoms with van der Waals surface area (Å²) in [6, 6.07) is 18.2. The van der Waals surface area contributed by atoms with Gasteiger partial charge in [-0.15, -0.1) is 0 Å². The molecule has 1 saturated heterocycles. The van der Waals surface area contributed by atoms with Gasteiger partial charge in [0.05, 0.1) is 28.9 Å². The van der Waals surface area contributed by atoms with Crippen LogP contribution in [0.25, 0.3) is 10.9 Å². The van der Waals surface area contributed by atoms with Gasteiger partial charge in [-0.25, -0.2) is 4.99 Å². The lowest BCUT2D eigenvalue weighted by Gasteiger charge is -2.33. The molecule has 2 aromatic carbocycles. The second-order valence-corrected chi connectivity index (χ2v) is 9.75. The highest BCUT2D eigenvalue weighted by molar-refractivity contribution is 8.16. The smallest absolute Gasteiger partial charge is 0.234 e. The van der Waals surface area contributed by atoms with Crippen LogP contribution in [-0.4, -0.2) is 58.1 Å². The van der Waals surface area contributed by atoms with Crippen molar-refractivity contribution in [1.82, 2.24) is 9.88 Å². The summed E-state index contributed by atoms with van der Waals surface area (Å²) >= 11 is 1.46. The van der Waals surface area contributed by atoms with Crippen molar-refractivity contribution in [3.05, 3.63) is 71.9 Å². The van der Waals surface area contributed by atoms with Gasteiger partial charge < -0.3 is 10.2 Å². The van der Waals surface area contributed by atoms with Crippen molar-refractivity contribution in [2.75, 3.05) is 31.2 Å². The molecule has 168 valence electrons. The first kappa shape index (κ1) is 21.8. The zero-order chi connectivity index (χ0) is 22.8. The number of piperidine rings is 1. The van der Waals surface area contributed by atoms with E-state index in [1.807, 2.05) is 30.3 Å². The van der Waals surface area contributed by atoms with Crippen molar-refractivity contribution in [2.45, 2.75) is 25.4 Å². The third kappa shape index (κ3) is 4.84. The number of anilines is 1. The zero-order valence-corrected chi connectivity index (χ0v) is 19.7. The van der Waals surface area contributed by atoms with Crippen LogP contribution in [0.15, 0.2) is 70.8 Å². The van der Waals surface area contributed by atoms with Crippen molar-refractivity contribution in [1.29, 1.82) is 0 Å². The lowest BCUT2D eigenvalue weighted by Crippen LogP contribution is -2.39. The number of fused-ring (bicyclic) bond motifs is 1. The Labute approximate surface area is 198 Å². The Balaban J connectivity index is 1.32. The van der Waals surface area contributed by atoms with Crippen LogP contribution >= 0.6 is 11.8 Å². The standard InChI is InChI=1S/C26H27N5OS/c1-18-7-9-19(10-8-18)24-25(30-26(29-24)11-13-31(2)14-12-26)33-17-23(32)28-21-15-20-5-3-4-6-22(20)27-16-21/h3-10,15-16H,11-14,17H2,1-2H3,(H,28,32). The van der Waals surface area contributed by atoms with Gasteiger partial charge >= 0.3 is 0 Å². The van der Waals surface area contributed by atoms with Crippen LogP contribution in [0, 0.1) is 6.92 Å². The number of pyridine rings is 1. The molecule has 3 heterocycles. The van der Waals surface area contributed by atoms with Gasteiger partial charge in [-0.2, -0.15) is 0 Å². The summed E-state index contributed by atoms with van der Waals surface area (Å²) in [5.74, 6) is 0.194. The number of aryl methyl sites for hydroxylation is 1. The molecule has 1 amide bonds. The third-order valence-corrected chi connectivity index (χ3v) is 7.12. The van der Waals surface area contributed by atoms with Gasteiger partial charge in [-0.05, 0) is 26.1 Å². The van der Waals surface area contributed by atoms with Gasteiger partial charge in [0.15, 0.2) is 5.66 Å². The van der Waals surface area contributed by atoms with E-state index < -0.39 is 5.66 Å². The van der Waals surface area contributed by atoms with E-state index >= 15 is 0 Å². The average molecular weight is 458 g/mol. The summed E-state index contributed by atoms with van der Waals surface area (Å²) in [5, 5.41) is 4.83. The molecule has 0 unspecified atom stereocenters. The number of hydrogen-bond acceptors (Lipinski definition) is 6. The van der Waals surface area contributed by atoms with Crippen LogP contribution in [0.3, 0.4) is 0 Å². The summed E-state index contributed by atoms with van der Waals surface area (Å²) in [6.45, 7) is 4.03. The zero-order valence-electron chi connectivity index (χ0n) is 18.9. The first-order valence-electron chi connectivity index (χ1n) is 11.2. The first-order valence-corrected chi connectivity index (χ1v) is 12.2. The number of carbonyl (C=O) groups excluding carboxylic acids is 1. The lowest BCUT2D eigenvalue weighted by molar-refractivity contribution is -0.113. The molecule has 3 aromatic rings. The van der Waals surface area contributed by atoms with Crippen LogP contribution in [0.2, 0.25) is 0 Å². The number of carbonyl (C=O) groups is 1. The molecular weight excluding hydrogens is 430 g/mol. The van der Waals surface area contributed by atoms with E-state index in [1.165, 1.54) is 17.3 Å². The van der Waals surface area contributed by atoms with Gasteiger partial charge in [-0.1, -0.05) is 59.8 Å². The number of amides is 1. The molecule has 5 rings (SSSR count). The Hall–Kier alpha value is -3.03. The number of hydrogen-bond donors (Lipinski definition) is 1. The van der Waals surface area contributed by atoms with Gasteiger partial charge in [0.1, 0.15) is 5.04 Å². The number of nitrogens with one attached hydrogen (secondary N) is 1. The maximum Gasteiger partial charge on any atom is 0.234 e. The monoisotopic (exact) mass is 457 g/mol. The predicted molar refractivity (Wildman–Crippen MR) is 137 cm³/mol. The van der Waals surface area contributed by atoms with Crippen molar-refractivity contribution in [3.8, 4) is 0 Å². The van der Waals surface area contributed by atoms with Crippen molar-refractivity contribution in [3.63, 3.8) is 0 Å². The van der Waals surface area contributed by atoms with Gasteiger partial charge in [0.25, 0.3) is 0 Å². The van der Waals surface area contributed by atoms with Crippen LogP contribution in [0.1, 0.15) is 24.0 Å². The molecule has 0 saturated carbocycles. The summed E-state index contributed by atoms with van der Waals surface area (Å²) in [5.41, 5.74) is 4.39. The maximum atomic E-state index is 12.7. The molecule has 6 nitrogen and oxygen atoms in total. The summed E-state index contributed by atoms with van der Waals surface area (Å²) < 4.78 is 0. The predicted octanol–water partition coefficient (Wildman–Crippen LogP) is 4.54. The van der Waals surface area contributed by atoms with Crippen LogP contribution in [0.5, 0.6) is 0 Å². The molecule has 0 aliphatic carbocycles. The minimum absolute atomic E-state index is 0.0765. The Morgan fingerprint density at radius 2 is 1.85 bits per heavy atom. The Morgan fingerprint density at radius 3 is 2.64 bits per heavy atom. The highest BCUT2D eigenvalue weighted by Crippen LogP contribution is 2.35. The molecule has 0 radical (unpaired) electrons. The Kier molecular flexibility index (Phi) is 6.00. The van der Waals surface area contributed by atoms with Crippen LogP contribution < -0.4 is 5.32 Å². The van der Waals surface area contributed by atoms with Crippen molar-refractivity contribution in [2.24, 2.45) is 9.98 Å². The molecule has 2 aliphatic rings. The molecule has 1 spiro atoms. The summed E-state index contributed by atoms with van der Waals surface area (Å²) in [6.07, 6.45) is 3.50. The molecule has 1 aromatic heterocycles. The minimum Gasteiger partial charge on any atom is -0.324 e.